The first-order valence-electron chi connectivity index (χ1n) is 4.95. The summed E-state index contributed by atoms with van der Waals surface area (Å²) in [7, 11) is 0. The second-order valence-corrected chi connectivity index (χ2v) is 5.88. The maximum Gasteiger partial charge on any atom is 0.166 e. The quantitative estimate of drug-likeness (QED) is 0.677. The van der Waals surface area contributed by atoms with Crippen molar-refractivity contribution in [3.8, 4) is 0 Å². The molecule has 0 bridgehead atoms. The highest BCUT2D eigenvalue weighted by atomic mass is 32.1. The lowest BCUT2D eigenvalue weighted by Gasteiger charge is -2.15. The van der Waals surface area contributed by atoms with E-state index >= 15 is 0 Å². The Bertz CT molecular complexity index is 328. The van der Waals surface area contributed by atoms with E-state index in [1.165, 1.54) is 4.88 Å². The van der Waals surface area contributed by atoms with E-state index in [1.807, 2.05) is 25.3 Å². The number of ketones is 1. The van der Waals surface area contributed by atoms with Crippen LogP contribution in [0.1, 0.15) is 49.9 Å². The van der Waals surface area contributed by atoms with Crippen LogP contribution >= 0.6 is 11.3 Å². The lowest BCUT2D eigenvalue weighted by molar-refractivity contribution is 0.0940. The van der Waals surface area contributed by atoms with Crippen molar-refractivity contribution in [2.45, 2.75) is 40.0 Å². The summed E-state index contributed by atoms with van der Waals surface area (Å²) in [6.45, 7) is 10.4. The molecular formula is C12H18OS. The van der Waals surface area contributed by atoms with E-state index in [1.54, 1.807) is 11.3 Å². The molecule has 0 saturated heterocycles. The lowest BCUT2D eigenvalue weighted by Crippen LogP contribution is -2.09. The molecule has 1 rings (SSSR count). The molecule has 1 nitrogen and oxygen atoms in total. The van der Waals surface area contributed by atoms with Gasteiger partial charge in [0.1, 0.15) is 0 Å². The topological polar surface area (TPSA) is 17.1 Å². The fourth-order valence-corrected chi connectivity index (χ4v) is 2.18. The van der Waals surface area contributed by atoms with Crippen molar-refractivity contribution in [3.05, 3.63) is 21.9 Å². The SMILES string of the molecule is CC(C)C(=O)c1csc(C(C)(C)C)c1. The van der Waals surface area contributed by atoms with E-state index in [9.17, 15) is 4.79 Å². The molecule has 0 radical (unpaired) electrons. The summed E-state index contributed by atoms with van der Waals surface area (Å²) in [5, 5.41) is 1.98. The number of hydrogen-bond acceptors (Lipinski definition) is 2. The highest BCUT2D eigenvalue weighted by Crippen LogP contribution is 2.29. The molecule has 0 fully saturated rings. The van der Waals surface area contributed by atoms with Crippen molar-refractivity contribution in [2.75, 3.05) is 0 Å². The molecule has 78 valence electrons. The van der Waals surface area contributed by atoms with Gasteiger partial charge in [-0.25, -0.2) is 0 Å². The Kier molecular flexibility index (Phi) is 3.15. The van der Waals surface area contributed by atoms with E-state index in [4.69, 9.17) is 0 Å². The number of carbonyl (C=O) groups is 1. The Morgan fingerprint density at radius 2 is 1.93 bits per heavy atom. The van der Waals surface area contributed by atoms with E-state index in [2.05, 4.69) is 20.8 Å². The molecule has 14 heavy (non-hydrogen) atoms. The Labute approximate surface area is 90.2 Å². The Balaban J connectivity index is 2.95. The molecule has 1 aromatic rings. The first-order chi connectivity index (χ1) is 6.32. The number of Topliss-reactive ketones (excluding diaryl/α,β-unsaturated/α-hetero) is 1. The Morgan fingerprint density at radius 1 is 1.36 bits per heavy atom. The first-order valence-corrected chi connectivity index (χ1v) is 5.83. The molecule has 0 unspecified atom stereocenters. The van der Waals surface area contributed by atoms with Gasteiger partial charge in [-0.1, -0.05) is 34.6 Å². The summed E-state index contributed by atoms with van der Waals surface area (Å²) >= 11 is 1.68. The van der Waals surface area contributed by atoms with E-state index in [-0.39, 0.29) is 17.1 Å². The molecule has 1 aromatic heterocycles. The van der Waals surface area contributed by atoms with Crippen LogP contribution in [0.4, 0.5) is 0 Å². The van der Waals surface area contributed by atoms with Gasteiger partial charge in [0.25, 0.3) is 0 Å². The smallest absolute Gasteiger partial charge is 0.166 e. The average Bonchev–Trinajstić information content (AvgIpc) is 2.49. The standard InChI is InChI=1S/C12H18OS/c1-8(2)11(13)9-6-10(14-7-9)12(3,4)5/h6-8H,1-5H3. The maximum absolute atomic E-state index is 11.7. The summed E-state index contributed by atoms with van der Waals surface area (Å²) in [4.78, 5) is 13.0. The van der Waals surface area contributed by atoms with Crippen molar-refractivity contribution >= 4 is 17.1 Å². The number of thiophene rings is 1. The molecule has 0 amide bonds. The van der Waals surface area contributed by atoms with Gasteiger partial charge in [0.2, 0.25) is 0 Å². The second kappa shape index (κ2) is 3.85. The molecule has 0 aliphatic heterocycles. The van der Waals surface area contributed by atoms with Crippen molar-refractivity contribution in [3.63, 3.8) is 0 Å². The molecule has 0 aliphatic carbocycles. The van der Waals surface area contributed by atoms with Gasteiger partial charge in [-0.05, 0) is 11.5 Å². The predicted molar refractivity (Wildman–Crippen MR) is 62.2 cm³/mol. The third-order valence-corrected chi connectivity index (χ3v) is 3.50. The average molecular weight is 210 g/mol. The number of carbonyl (C=O) groups excluding carboxylic acids is 1. The first kappa shape index (κ1) is 11.4. The van der Waals surface area contributed by atoms with Gasteiger partial charge in [-0.15, -0.1) is 11.3 Å². The van der Waals surface area contributed by atoms with Crippen molar-refractivity contribution in [1.29, 1.82) is 0 Å². The normalized spacial score (nSPS) is 12.1. The Hall–Kier alpha value is -0.630. The van der Waals surface area contributed by atoms with E-state index < -0.39 is 0 Å². The van der Waals surface area contributed by atoms with Gasteiger partial charge >= 0.3 is 0 Å². The van der Waals surface area contributed by atoms with Gasteiger partial charge in [0.05, 0.1) is 0 Å². The Morgan fingerprint density at radius 3 is 2.29 bits per heavy atom. The third kappa shape index (κ3) is 2.44. The van der Waals surface area contributed by atoms with Crippen LogP contribution in [0.15, 0.2) is 11.4 Å². The fraction of sp³-hybridized carbons (Fsp3) is 0.583. The van der Waals surface area contributed by atoms with Crippen molar-refractivity contribution in [1.82, 2.24) is 0 Å². The van der Waals surface area contributed by atoms with Gasteiger partial charge < -0.3 is 0 Å². The molecule has 2 heteroatoms. The van der Waals surface area contributed by atoms with Crippen LogP contribution in [0.3, 0.4) is 0 Å². The van der Waals surface area contributed by atoms with Crippen LogP contribution in [0.2, 0.25) is 0 Å². The summed E-state index contributed by atoms with van der Waals surface area (Å²) in [6.07, 6.45) is 0. The predicted octanol–water partition coefficient (Wildman–Crippen LogP) is 3.88. The van der Waals surface area contributed by atoms with E-state index in [0.717, 1.165) is 5.56 Å². The van der Waals surface area contributed by atoms with Gasteiger partial charge in [0.15, 0.2) is 5.78 Å². The largest absolute Gasteiger partial charge is 0.294 e. The van der Waals surface area contributed by atoms with Crippen molar-refractivity contribution < 1.29 is 4.79 Å². The minimum absolute atomic E-state index is 0.0948. The zero-order valence-corrected chi connectivity index (χ0v) is 10.4. The van der Waals surface area contributed by atoms with Gasteiger partial charge in [-0.2, -0.15) is 0 Å². The molecular weight excluding hydrogens is 192 g/mol. The highest BCUT2D eigenvalue weighted by Gasteiger charge is 2.19. The summed E-state index contributed by atoms with van der Waals surface area (Å²) < 4.78 is 0. The van der Waals surface area contributed by atoms with Crippen LogP contribution in [0.25, 0.3) is 0 Å². The molecule has 0 aliphatic rings. The lowest BCUT2D eigenvalue weighted by atomic mass is 9.93. The molecule has 0 aromatic carbocycles. The van der Waals surface area contributed by atoms with Crippen LogP contribution < -0.4 is 0 Å². The minimum atomic E-state index is 0.0948. The zero-order valence-electron chi connectivity index (χ0n) is 9.55. The van der Waals surface area contributed by atoms with Crippen molar-refractivity contribution in [2.24, 2.45) is 5.92 Å². The molecule has 1 heterocycles. The number of rotatable bonds is 2. The van der Waals surface area contributed by atoms with Crippen LogP contribution in [-0.4, -0.2) is 5.78 Å². The molecule has 0 N–H and O–H groups in total. The van der Waals surface area contributed by atoms with Crippen LogP contribution in [0, 0.1) is 5.92 Å². The summed E-state index contributed by atoms with van der Waals surface area (Å²) in [5.74, 6) is 0.342. The highest BCUT2D eigenvalue weighted by molar-refractivity contribution is 7.10. The minimum Gasteiger partial charge on any atom is -0.294 e. The van der Waals surface area contributed by atoms with Crippen LogP contribution in [0.5, 0.6) is 0 Å². The zero-order chi connectivity index (χ0) is 10.9. The second-order valence-electron chi connectivity index (χ2n) is 4.97. The van der Waals surface area contributed by atoms with Gasteiger partial charge in [0, 0.05) is 21.7 Å². The summed E-state index contributed by atoms with van der Waals surface area (Å²) in [5.41, 5.74) is 1.02. The molecule has 0 saturated carbocycles. The van der Waals surface area contributed by atoms with E-state index in [0.29, 0.717) is 0 Å². The number of hydrogen-bond donors (Lipinski definition) is 0. The van der Waals surface area contributed by atoms with Gasteiger partial charge in [-0.3, -0.25) is 4.79 Å². The molecule has 0 atom stereocenters. The molecule has 0 spiro atoms. The van der Waals surface area contributed by atoms with Crippen LogP contribution in [-0.2, 0) is 5.41 Å². The third-order valence-electron chi connectivity index (χ3n) is 2.15. The summed E-state index contributed by atoms with van der Waals surface area (Å²) in [6, 6.07) is 2.03. The monoisotopic (exact) mass is 210 g/mol. The maximum atomic E-state index is 11.7. The fourth-order valence-electron chi connectivity index (χ4n) is 1.19.